The Hall–Kier alpha value is -1.69. The first-order valence-corrected chi connectivity index (χ1v) is 5.85. The monoisotopic (exact) mass is 233 g/mol. The Kier molecular flexibility index (Phi) is 2.44. The number of rotatable bonds is 2. The van der Waals surface area contributed by atoms with Gasteiger partial charge in [0.1, 0.15) is 11.8 Å². The first kappa shape index (κ1) is 10.5. The largest absolute Gasteiger partial charge is 0.396 e. The van der Waals surface area contributed by atoms with Gasteiger partial charge in [0.2, 0.25) is 0 Å². The molecule has 1 aliphatic rings. The third-order valence-electron chi connectivity index (χ3n) is 3.60. The third-order valence-corrected chi connectivity index (χ3v) is 3.60. The molecule has 1 saturated carbocycles. The molecule has 0 aromatic carbocycles. The van der Waals surface area contributed by atoms with E-state index < -0.39 is 0 Å². The average molecular weight is 233 g/mol. The Bertz CT molecular complexity index is 538. The van der Waals surface area contributed by atoms with Crippen LogP contribution >= 0.6 is 0 Å². The van der Waals surface area contributed by atoms with Gasteiger partial charge in [-0.05, 0) is 12.8 Å². The second-order valence-corrected chi connectivity index (χ2v) is 4.52. The predicted octanol–water partition coefficient (Wildman–Crippen LogP) is 0.742. The molecule has 17 heavy (non-hydrogen) atoms. The molecular formula is C11H15N5O. The zero-order valence-electron chi connectivity index (χ0n) is 9.45. The standard InChI is InChI=1S/C11H15N5O/c12-10-9-11(14-5-13-10)16(6-15-9)8-3-1-2-7(8)4-17/h5-8,17H,1-4H2,(H2,12,13,14). The van der Waals surface area contributed by atoms with E-state index in [0.29, 0.717) is 17.3 Å². The number of anilines is 1. The molecule has 1 aliphatic carbocycles. The molecule has 6 heteroatoms. The van der Waals surface area contributed by atoms with Crippen molar-refractivity contribution in [1.82, 2.24) is 19.5 Å². The Balaban J connectivity index is 2.09. The molecule has 2 heterocycles. The minimum atomic E-state index is 0.213. The van der Waals surface area contributed by atoms with Crippen LogP contribution < -0.4 is 5.73 Å². The fourth-order valence-electron chi connectivity index (χ4n) is 2.71. The van der Waals surface area contributed by atoms with Crippen LogP contribution in [0.1, 0.15) is 25.3 Å². The lowest BCUT2D eigenvalue weighted by molar-refractivity contribution is 0.197. The van der Waals surface area contributed by atoms with Crippen LogP contribution in [-0.2, 0) is 0 Å². The average Bonchev–Trinajstić information content (AvgIpc) is 2.94. The summed E-state index contributed by atoms with van der Waals surface area (Å²) in [5, 5.41) is 9.37. The number of aliphatic hydroxyl groups is 1. The molecule has 0 bridgehead atoms. The van der Waals surface area contributed by atoms with Crippen molar-refractivity contribution in [3.8, 4) is 0 Å². The lowest BCUT2D eigenvalue weighted by Gasteiger charge is -2.19. The third kappa shape index (κ3) is 1.56. The minimum Gasteiger partial charge on any atom is -0.396 e. The number of imidazole rings is 1. The molecule has 0 saturated heterocycles. The number of fused-ring (bicyclic) bond motifs is 1. The molecule has 2 aromatic rings. The van der Waals surface area contributed by atoms with Gasteiger partial charge in [0.25, 0.3) is 0 Å². The number of nitrogens with zero attached hydrogens (tertiary/aromatic N) is 4. The van der Waals surface area contributed by atoms with Gasteiger partial charge >= 0.3 is 0 Å². The Morgan fingerprint density at radius 3 is 3.06 bits per heavy atom. The van der Waals surface area contributed by atoms with Crippen molar-refractivity contribution in [1.29, 1.82) is 0 Å². The highest BCUT2D eigenvalue weighted by Crippen LogP contribution is 2.36. The fraction of sp³-hybridized carbons (Fsp3) is 0.545. The number of hydrogen-bond acceptors (Lipinski definition) is 5. The van der Waals surface area contributed by atoms with Gasteiger partial charge in [-0.25, -0.2) is 15.0 Å². The van der Waals surface area contributed by atoms with E-state index in [1.54, 1.807) is 6.33 Å². The number of nitrogens with two attached hydrogens (primary N) is 1. The van der Waals surface area contributed by atoms with Crippen LogP contribution in [0.15, 0.2) is 12.7 Å². The lowest BCUT2D eigenvalue weighted by atomic mass is 10.1. The van der Waals surface area contributed by atoms with Crippen molar-refractivity contribution in [2.75, 3.05) is 12.3 Å². The molecule has 0 spiro atoms. The molecule has 0 amide bonds. The van der Waals surface area contributed by atoms with E-state index in [4.69, 9.17) is 5.73 Å². The maximum Gasteiger partial charge on any atom is 0.165 e. The molecule has 6 nitrogen and oxygen atoms in total. The summed E-state index contributed by atoms with van der Waals surface area (Å²) < 4.78 is 2.03. The molecular weight excluding hydrogens is 218 g/mol. The molecule has 2 unspecified atom stereocenters. The number of hydrogen-bond donors (Lipinski definition) is 2. The van der Waals surface area contributed by atoms with E-state index >= 15 is 0 Å². The van der Waals surface area contributed by atoms with E-state index in [1.807, 2.05) is 4.57 Å². The maximum atomic E-state index is 9.37. The summed E-state index contributed by atoms with van der Waals surface area (Å²) in [5.41, 5.74) is 7.17. The van der Waals surface area contributed by atoms with Crippen molar-refractivity contribution in [3.63, 3.8) is 0 Å². The number of aliphatic hydroxyl groups excluding tert-OH is 1. The van der Waals surface area contributed by atoms with Crippen molar-refractivity contribution in [2.24, 2.45) is 5.92 Å². The predicted molar refractivity (Wildman–Crippen MR) is 63.2 cm³/mol. The second kappa shape index (κ2) is 3.96. The van der Waals surface area contributed by atoms with E-state index in [-0.39, 0.29) is 12.6 Å². The zero-order valence-corrected chi connectivity index (χ0v) is 9.45. The molecule has 90 valence electrons. The maximum absolute atomic E-state index is 9.37. The van der Waals surface area contributed by atoms with Gasteiger partial charge in [0.15, 0.2) is 11.5 Å². The molecule has 0 aliphatic heterocycles. The van der Waals surface area contributed by atoms with Crippen molar-refractivity contribution in [2.45, 2.75) is 25.3 Å². The zero-order chi connectivity index (χ0) is 11.8. The SMILES string of the molecule is Nc1ncnc2c1ncn2C1CCCC1CO. The highest BCUT2D eigenvalue weighted by Gasteiger charge is 2.29. The van der Waals surface area contributed by atoms with Crippen LogP contribution in [-0.4, -0.2) is 31.2 Å². The Morgan fingerprint density at radius 2 is 2.24 bits per heavy atom. The van der Waals surface area contributed by atoms with Gasteiger partial charge in [0, 0.05) is 18.6 Å². The highest BCUT2D eigenvalue weighted by molar-refractivity contribution is 5.81. The van der Waals surface area contributed by atoms with E-state index in [2.05, 4.69) is 15.0 Å². The quantitative estimate of drug-likeness (QED) is 0.798. The van der Waals surface area contributed by atoms with Crippen molar-refractivity contribution < 1.29 is 5.11 Å². The first-order chi connectivity index (χ1) is 8.31. The van der Waals surface area contributed by atoms with E-state index in [1.165, 1.54) is 6.33 Å². The summed E-state index contributed by atoms with van der Waals surface area (Å²) in [6.45, 7) is 0.213. The molecule has 2 atom stereocenters. The van der Waals surface area contributed by atoms with Crippen LogP contribution in [0.3, 0.4) is 0 Å². The van der Waals surface area contributed by atoms with Gasteiger partial charge in [-0.2, -0.15) is 0 Å². The minimum absolute atomic E-state index is 0.213. The fourth-order valence-corrected chi connectivity index (χ4v) is 2.71. The van der Waals surface area contributed by atoms with Gasteiger partial charge in [-0.15, -0.1) is 0 Å². The number of aromatic nitrogens is 4. The summed E-state index contributed by atoms with van der Waals surface area (Å²) >= 11 is 0. The van der Waals surface area contributed by atoms with Gasteiger partial charge < -0.3 is 15.4 Å². The summed E-state index contributed by atoms with van der Waals surface area (Å²) in [7, 11) is 0. The summed E-state index contributed by atoms with van der Waals surface area (Å²) in [4.78, 5) is 12.4. The normalized spacial score (nSPS) is 24.5. The van der Waals surface area contributed by atoms with Crippen molar-refractivity contribution in [3.05, 3.63) is 12.7 Å². The summed E-state index contributed by atoms with van der Waals surface area (Å²) in [5.74, 6) is 0.705. The topological polar surface area (TPSA) is 89.9 Å². The van der Waals surface area contributed by atoms with Gasteiger partial charge in [0.05, 0.1) is 6.33 Å². The summed E-state index contributed by atoms with van der Waals surface area (Å²) in [6.07, 6.45) is 6.46. The Labute approximate surface area is 98.5 Å². The molecule has 1 fully saturated rings. The lowest BCUT2D eigenvalue weighted by Crippen LogP contribution is -2.16. The van der Waals surface area contributed by atoms with Crippen LogP contribution in [0.5, 0.6) is 0 Å². The van der Waals surface area contributed by atoms with E-state index in [0.717, 1.165) is 24.9 Å². The molecule has 3 N–H and O–H groups in total. The molecule has 3 rings (SSSR count). The van der Waals surface area contributed by atoms with Gasteiger partial charge in [-0.3, -0.25) is 0 Å². The summed E-state index contributed by atoms with van der Waals surface area (Å²) in [6, 6.07) is 0.277. The van der Waals surface area contributed by atoms with Crippen LogP contribution in [0, 0.1) is 5.92 Å². The Morgan fingerprint density at radius 1 is 1.35 bits per heavy atom. The molecule has 0 radical (unpaired) electrons. The van der Waals surface area contributed by atoms with Crippen LogP contribution in [0.25, 0.3) is 11.2 Å². The first-order valence-electron chi connectivity index (χ1n) is 5.85. The van der Waals surface area contributed by atoms with Gasteiger partial charge in [-0.1, -0.05) is 6.42 Å². The van der Waals surface area contributed by atoms with Crippen LogP contribution in [0.2, 0.25) is 0 Å². The number of nitrogen functional groups attached to an aromatic ring is 1. The highest BCUT2D eigenvalue weighted by atomic mass is 16.3. The second-order valence-electron chi connectivity index (χ2n) is 4.52. The van der Waals surface area contributed by atoms with Crippen LogP contribution in [0.4, 0.5) is 5.82 Å². The molecule has 2 aromatic heterocycles. The van der Waals surface area contributed by atoms with Crippen molar-refractivity contribution >= 4 is 17.0 Å². The van der Waals surface area contributed by atoms with E-state index in [9.17, 15) is 5.11 Å². The smallest absolute Gasteiger partial charge is 0.165 e.